The molecule has 3 aromatic rings. The fourth-order valence-electron chi connectivity index (χ4n) is 4.14. The minimum atomic E-state index is -4.43. The molecule has 0 spiro atoms. The molecule has 1 aliphatic rings. The van der Waals surface area contributed by atoms with E-state index >= 15 is 0 Å². The van der Waals surface area contributed by atoms with Crippen LogP contribution in [0.25, 0.3) is 11.1 Å². The van der Waals surface area contributed by atoms with Crippen LogP contribution in [0.3, 0.4) is 0 Å². The Morgan fingerprint density at radius 2 is 1.81 bits per heavy atom. The van der Waals surface area contributed by atoms with Crippen LogP contribution in [0.15, 0.2) is 48.7 Å². The van der Waals surface area contributed by atoms with Crippen LogP contribution < -0.4 is 16.4 Å². The molecule has 2 unspecified atom stereocenters. The standard InChI is InChI=1S/C26H25F3N4O4/c1-3-37-25(36)18-12-31-22(23(30)34)20(18)14-5-8-17(9-6-14)32-24(35)21-19(33-21)11-15-10-16(26(27,28)29)7-4-13(15)2/h4-10,12,19,21,31,33H,3,11H2,1-2H3,(H2,30,34)(H,32,35). The first-order valence-corrected chi connectivity index (χ1v) is 11.5. The van der Waals surface area contributed by atoms with Crippen LogP contribution >= 0.6 is 0 Å². The third kappa shape index (κ3) is 5.67. The number of esters is 1. The van der Waals surface area contributed by atoms with Crippen LogP contribution in [0.1, 0.15) is 44.5 Å². The number of anilines is 1. The van der Waals surface area contributed by atoms with E-state index in [0.29, 0.717) is 22.4 Å². The van der Waals surface area contributed by atoms with E-state index in [1.54, 1.807) is 38.1 Å². The van der Waals surface area contributed by atoms with Crippen molar-refractivity contribution in [2.75, 3.05) is 11.9 Å². The van der Waals surface area contributed by atoms with Gasteiger partial charge in [0.2, 0.25) is 5.91 Å². The first-order valence-electron chi connectivity index (χ1n) is 11.5. The Hall–Kier alpha value is -4.12. The molecule has 8 nitrogen and oxygen atoms in total. The minimum absolute atomic E-state index is 0.0507. The van der Waals surface area contributed by atoms with E-state index in [-0.39, 0.29) is 36.2 Å². The summed E-state index contributed by atoms with van der Waals surface area (Å²) in [7, 11) is 0. The number of amides is 2. The molecule has 0 saturated carbocycles. The predicted molar refractivity (Wildman–Crippen MR) is 130 cm³/mol. The Kier molecular flexibility index (Phi) is 7.08. The fourth-order valence-corrected chi connectivity index (χ4v) is 4.14. The number of aromatic amines is 1. The van der Waals surface area contributed by atoms with Gasteiger partial charge >= 0.3 is 12.1 Å². The number of hydrogen-bond acceptors (Lipinski definition) is 5. The second kappa shape index (κ2) is 10.1. The summed E-state index contributed by atoms with van der Waals surface area (Å²) in [6.07, 6.45) is -2.79. The Labute approximate surface area is 210 Å². The summed E-state index contributed by atoms with van der Waals surface area (Å²) in [6, 6.07) is 9.22. The molecule has 1 aromatic heterocycles. The van der Waals surface area contributed by atoms with Gasteiger partial charge < -0.3 is 20.8 Å². The number of carbonyl (C=O) groups excluding carboxylic acids is 3. The van der Waals surface area contributed by atoms with Gasteiger partial charge in [-0.25, -0.2) is 4.79 Å². The molecule has 5 N–H and O–H groups in total. The number of nitrogens with one attached hydrogen (secondary N) is 3. The number of alkyl halides is 3. The third-order valence-electron chi connectivity index (χ3n) is 6.15. The average molecular weight is 515 g/mol. The number of aromatic nitrogens is 1. The maximum absolute atomic E-state index is 13.0. The molecule has 0 bridgehead atoms. The summed E-state index contributed by atoms with van der Waals surface area (Å²) < 4.78 is 44.2. The Morgan fingerprint density at radius 1 is 1.11 bits per heavy atom. The Morgan fingerprint density at radius 3 is 2.43 bits per heavy atom. The molecule has 0 aliphatic carbocycles. The minimum Gasteiger partial charge on any atom is -0.462 e. The lowest BCUT2D eigenvalue weighted by molar-refractivity contribution is -0.137. The van der Waals surface area contributed by atoms with Crippen LogP contribution in [0.4, 0.5) is 18.9 Å². The second-order valence-corrected chi connectivity index (χ2v) is 8.70. The van der Waals surface area contributed by atoms with Gasteiger partial charge in [-0.3, -0.25) is 14.9 Å². The molecular formula is C26H25F3N4O4. The molecule has 0 radical (unpaired) electrons. The summed E-state index contributed by atoms with van der Waals surface area (Å²) in [5.41, 5.74) is 7.45. The number of nitrogens with two attached hydrogens (primary N) is 1. The molecule has 1 saturated heterocycles. The molecule has 1 aliphatic heterocycles. The number of benzene rings is 2. The number of rotatable bonds is 8. The van der Waals surface area contributed by atoms with Crippen molar-refractivity contribution in [3.8, 4) is 11.1 Å². The highest BCUT2D eigenvalue weighted by atomic mass is 19.4. The van der Waals surface area contributed by atoms with Crippen molar-refractivity contribution < 1.29 is 32.3 Å². The topological polar surface area (TPSA) is 136 Å². The average Bonchev–Trinajstić information content (AvgIpc) is 3.46. The molecule has 194 valence electrons. The molecular weight excluding hydrogens is 489 g/mol. The van der Waals surface area contributed by atoms with Crippen LogP contribution in [0, 0.1) is 6.92 Å². The van der Waals surface area contributed by atoms with Crippen LogP contribution in [-0.4, -0.2) is 41.5 Å². The lowest BCUT2D eigenvalue weighted by Gasteiger charge is -2.11. The molecule has 11 heteroatoms. The summed E-state index contributed by atoms with van der Waals surface area (Å²) >= 11 is 0. The number of primary amides is 1. The van der Waals surface area contributed by atoms with Crippen molar-refractivity contribution in [2.45, 2.75) is 38.5 Å². The van der Waals surface area contributed by atoms with Crippen LogP contribution in [-0.2, 0) is 22.1 Å². The van der Waals surface area contributed by atoms with E-state index in [4.69, 9.17) is 10.5 Å². The van der Waals surface area contributed by atoms with E-state index in [9.17, 15) is 27.6 Å². The molecule has 37 heavy (non-hydrogen) atoms. The maximum atomic E-state index is 13.0. The third-order valence-corrected chi connectivity index (χ3v) is 6.15. The van der Waals surface area contributed by atoms with Gasteiger partial charge in [0.15, 0.2) is 0 Å². The number of H-pyrrole nitrogens is 1. The SMILES string of the molecule is CCOC(=O)c1c[nH]c(C(N)=O)c1-c1ccc(NC(=O)C2NC2Cc2cc(C(F)(F)F)ccc2C)cc1. The lowest BCUT2D eigenvalue weighted by Crippen LogP contribution is -2.21. The summed E-state index contributed by atoms with van der Waals surface area (Å²) in [4.78, 5) is 39.5. The Balaban J connectivity index is 1.44. The van der Waals surface area contributed by atoms with Crippen molar-refractivity contribution in [3.63, 3.8) is 0 Å². The molecule has 4 rings (SSSR count). The van der Waals surface area contributed by atoms with Crippen molar-refractivity contribution in [2.24, 2.45) is 5.73 Å². The normalized spacial score (nSPS) is 16.8. The van der Waals surface area contributed by atoms with Gasteiger partial charge in [-0.1, -0.05) is 18.2 Å². The summed E-state index contributed by atoms with van der Waals surface area (Å²) in [5, 5.41) is 5.77. The smallest absolute Gasteiger partial charge is 0.416 e. The number of carbonyl (C=O) groups is 3. The van der Waals surface area contributed by atoms with Gasteiger partial charge in [0.1, 0.15) is 11.7 Å². The van der Waals surface area contributed by atoms with Crippen LogP contribution in [0.5, 0.6) is 0 Å². The molecule has 1 fully saturated rings. The van der Waals surface area contributed by atoms with Crippen molar-refractivity contribution in [3.05, 3.63) is 76.6 Å². The fraction of sp³-hybridized carbons (Fsp3) is 0.269. The largest absolute Gasteiger partial charge is 0.462 e. The van der Waals surface area contributed by atoms with Gasteiger partial charge in [0.05, 0.1) is 17.7 Å². The highest BCUT2D eigenvalue weighted by Crippen LogP contribution is 2.32. The highest BCUT2D eigenvalue weighted by Gasteiger charge is 2.42. The van der Waals surface area contributed by atoms with E-state index in [1.807, 2.05) is 0 Å². The van der Waals surface area contributed by atoms with Gasteiger partial charge in [0, 0.05) is 23.5 Å². The van der Waals surface area contributed by atoms with E-state index < -0.39 is 29.7 Å². The van der Waals surface area contributed by atoms with Gasteiger partial charge in [-0.15, -0.1) is 0 Å². The highest BCUT2D eigenvalue weighted by molar-refractivity contribution is 6.06. The van der Waals surface area contributed by atoms with Gasteiger partial charge in [-0.05, 0) is 61.2 Å². The zero-order chi connectivity index (χ0) is 26.9. The molecule has 2 aromatic carbocycles. The molecule has 2 atom stereocenters. The predicted octanol–water partition coefficient (Wildman–Crippen LogP) is 3.81. The van der Waals surface area contributed by atoms with Crippen LogP contribution in [0.2, 0.25) is 0 Å². The van der Waals surface area contributed by atoms with Crippen molar-refractivity contribution in [1.82, 2.24) is 10.3 Å². The molecule has 2 amide bonds. The van der Waals surface area contributed by atoms with Gasteiger partial charge in [0.25, 0.3) is 5.91 Å². The quantitative estimate of drug-likeness (QED) is 0.268. The zero-order valence-electron chi connectivity index (χ0n) is 20.0. The number of hydrogen-bond donors (Lipinski definition) is 4. The number of aryl methyl sites for hydroxylation is 1. The van der Waals surface area contributed by atoms with Crippen molar-refractivity contribution in [1.29, 1.82) is 0 Å². The Bertz CT molecular complexity index is 1350. The first kappa shape index (κ1) is 26.0. The number of ether oxygens (including phenoxy) is 1. The summed E-state index contributed by atoms with van der Waals surface area (Å²) in [6.45, 7) is 3.55. The zero-order valence-corrected chi connectivity index (χ0v) is 20.0. The number of halogens is 3. The lowest BCUT2D eigenvalue weighted by atomic mass is 9.99. The molecule has 2 heterocycles. The monoisotopic (exact) mass is 514 g/mol. The first-order chi connectivity index (χ1) is 17.5. The van der Waals surface area contributed by atoms with E-state index in [2.05, 4.69) is 15.6 Å². The van der Waals surface area contributed by atoms with Crippen molar-refractivity contribution >= 4 is 23.5 Å². The van der Waals surface area contributed by atoms with Gasteiger partial charge in [-0.2, -0.15) is 13.2 Å². The van der Waals surface area contributed by atoms with E-state index in [0.717, 1.165) is 17.7 Å². The maximum Gasteiger partial charge on any atom is 0.416 e. The van der Waals surface area contributed by atoms with E-state index in [1.165, 1.54) is 12.3 Å². The summed E-state index contributed by atoms with van der Waals surface area (Å²) in [5.74, 6) is -1.68. The second-order valence-electron chi connectivity index (χ2n) is 8.70.